The topological polar surface area (TPSA) is 124 Å². The fourth-order valence-corrected chi connectivity index (χ4v) is 4.81. The normalized spacial score (nSPS) is 21.9. The number of alkyl halides is 3. The van der Waals surface area contributed by atoms with Gasteiger partial charge in [-0.15, -0.1) is 4.31 Å². The predicted octanol–water partition coefficient (Wildman–Crippen LogP) is 2.49. The summed E-state index contributed by atoms with van der Waals surface area (Å²) in [5, 5.41) is 38.5. The Kier molecular flexibility index (Phi) is 7.17. The van der Waals surface area contributed by atoms with Gasteiger partial charge in [0, 0.05) is 19.1 Å². The maximum atomic E-state index is 13.9. The van der Waals surface area contributed by atoms with Crippen molar-refractivity contribution in [2.75, 3.05) is 19.7 Å². The lowest BCUT2D eigenvalue weighted by atomic mass is 9.96. The molecule has 7 nitrogen and oxygen atoms in total. The molecular weight excluding hydrogens is 466 g/mol. The van der Waals surface area contributed by atoms with Gasteiger partial charge >= 0.3 is 6.18 Å². The number of aliphatic hydroxyl groups excluding tert-OH is 1. The van der Waals surface area contributed by atoms with Crippen molar-refractivity contribution in [3.8, 4) is 17.9 Å². The van der Waals surface area contributed by atoms with E-state index in [-0.39, 0.29) is 35.7 Å². The van der Waals surface area contributed by atoms with E-state index in [0.29, 0.717) is 12.1 Å². The molecule has 0 bridgehead atoms. The molecule has 1 aliphatic heterocycles. The van der Waals surface area contributed by atoms with Gasteiger partial charge in [0.15, 0.2) is 4.90 Å². The summed E-state index contributed by atoms with van der Waals surface area (Å²) in [6.45, 7) is -0.950. The third-order valence-corrected chi connectivity index (χ3v) is 6.63. The standard InChI is InChI=1S/C21H17F4N3O4S/c22-17-8-16(3-1-13(17)9-26)32-19-11-28(12-20(19,30)5-6-29)33(31)18-4-2-15(21(23,24)25)7-14(18)10-27/h1-4,7-8,19,29-30H,5-6,11-12H2/t19-,20+,33?/m0/s1. The lowest BCUT2D eigenvalue weighted by molar-refractivity contribution is -0.137. The van der Waals surface area contributed by atoms with Crippen LogP contribution < -0.4 is 4.74 Å². The van der Waals surface area contributed by atoms with Crippen molar-refractivity contribution in [2.45, 2.75) is 29.2 Å². The largest absolute Gasteiger partial charge is 0.593 e. The molecular formula is C21H17F4N3O4S. The van der Waals surface area contributed by atoms with Crippen molar-refractivity contribution in [3.63, 3.8) is 0 Å². The van der Waals surface area contributed by atoms with Crippen molar-refractivity contribution in [2.24, 2.45) is 0 Å². The number of hydrogen-bond donors (Lipinski definition) is 2. The number of benzene rings is 2. The van der Waals surface area contributed by atoms with Crippen molar-refractivity contribution in [1.29, 1.82) is 10.5 Å². The summed E-state index contributed by atoms with van der Waals surface area (Å²) in [7, 11) is 0. The molecule has 1 fully saturated rings. The molecule has 2 N–H and O–H groups in total. The summed E-state index contributed by atoms with van der Waals surface area (Å²) >= 11 is -2.14. The average Bonchev–Trinajstić information content (AvgIpc) is 3.08. The number of hydrogen-bond acceptors (Lipinski definition) is 7. The Morgan fingerprint density at radius 1 is 1.18 bits per heavy atom. The van der Waals surface area contributed by atoms with E-state index in [1.807, 2.05) is 0 Å². The second-order valence-corrected chi connectivity index (χ2v) is 8.78. The molecule has 0 amide bonds. The van der Waals surface area contributed by atoms with Crippen molar-refractivity contribution in [3.05, 3.63) is 58.9 Å². The zero-order valence-corrected chi connectivity index (χ0v) is 17.7. The van der Waals surface area contributed by atoms with Crippen LogP contribution in [-0.4, -0.2) is 50.5 Å². The molecule has 0 radical (unpaired) electrons. The van der Waals surface area contributed by atoms with Crippen LogP contribution in [-0.2, 0) is 17.5 Å². The summed E-state index contributed by atoms with van der Waals surface area (Å²) in [5.74, 6) is -0.865. The molecule has 2 aromatic rings. The van der Waals surface area contributed by atoms with E-state index >= 15 is 0 Å². The van der Waals surface area contributed by atoms with Crippen LogP contribution in [0.5, 0.6) is 5.75 Å². The van der Waals surface area contributed by atoms with E-state index in [1.54, 1.807) is 12.1 Å². The van der Waals surface area contributed by atoms with Crippen LogP contribution in [0.15, 0.2) is 41.3 Å². The Morgan fingerprint density at radius 2 is 1.88 bits per heavy atom. The molecule has 2 aromatic carbocycles. The predicted molar refractivity (Wildman–Crippen MR) is 106 cm³/mol. The van der Waals surface area contributed by atoms with Crippen LogP contribution in [0.2, 0.25) is 0 Å². The van der Waals surface area contributed by atoms with Gasteiger partial charge in [0.25, 0.3) is 0 Å². The van der Waals surface area contributed by atoms with Crippen LogP contribution >= 0.6 is 0 Å². The summed E-state index contributed by atoms with van der Waals surface area (Å²) in [4.78, 5) is -0.179. The SMILES string of the molecule is N#Cc1ccc(O[C@H]2CN([S+]([O-])c3ccc(C(F)(F)F)cc3C#N)C[C@]2(O)CCO)cc1F. The molecule has 33 heavy (non-hydrogen) atoms. The van der Waals surface area contributed by atoms with Crippen LogP contribution in [0, 0.1) is 28.5 Å². The van der Waals surface area contributed by atoms with Crippen LogP contribution in [0.4, 0.5) is 17.6 Å². The van der Waals surface area contributed by atoms with Crippen LogP contribution in [0.25, 0.3) is 0 Å². The summed E-state index contributed by atoms with van der Waals surface area (Å²) in [6, 6.07) is 8.94. The molecule has 0 aliphatic carbocycles. The van der Waals surface area contributed by atoms with Crippen molar-refractivity contribution >= 4 is 11.4 Å². The minimum atomic E-state index is -4.68. The van der Waals surface area contributed by atoms with Gasteiger partial charge in [-0.1, -0.05) is 0 Å². The van der Waals surface area contributed by atoms with Gasteiger partial charge in [0.1, 0.15) is 41.0 Å². The van der Waals surface area contributed by atoms with Gasteiger partial charge in [0.2, 0.25) is 0 Å². The summed E-state index contributed by atoms with van der Waals surface area (Å²) in [6.07, 6.45) is -5.97. The van der Waals surface area contributed by atoms with Crippen molar-refractivity contribution in [1.82, 2.24) is 4.31 Å². The molecule has 3 rings (SSSR count). The van der Waals surface area contributed by atoms with Gasteiger partial charge in [-0.05, 0) is 30.3 Å². The zero-order chi connectivity index (χ0) is 24.4. The molecule has 0 spiro atoms. The second-order valence-electron chi connectivity index (χ2n) is 7.33. The number of halogens is 4. The number of ether oxygens (including phenoxy) is 1. The molecule has 0 saturated carbocycles. The minimum absolute atomic E-state index is 0.0206. The molecule has 1 unspecified atom stereocenters. The first-order valence-electron chi connectivity index (χ1n) is 9.50. The fourth-order valence-electron chi connectivity index (χ4n) is 3.44. The first-order valence-corrected chi connectivity index (χ1v) is 10.6. The first kappa shape index (κ1) is 24.8. The molecule has 1 aliphatic rings. The minimum Gasteiger partial charge on any atom is -0.593 e. The van der Waals surface area contributed by atoms with Gasteiger partial charge in [-0.2, -0.15) is 23.7 Å². The Labute approximate surface area is 189 Å². The van der Waals surface area contributed by atoms with E-state index in [0.717, 1.165) is 12.1 Å². The van der Waals surface area contributed by atoms with Gasteiger partial charge in [-0.3, -0.25) is 0 Å². The van der Waals surface area contributed by atoms with E-state index in [1.165, 1.54) is 16.4 Å². The summed E-state index contributed by atoms with van der Waals surface area (Å²) in [5.41, 5.74) is -3.45. The molecule has 1 saturated heterocycles. The fraction of sp³-hybridized carbons (Fsp3) is 0.333. The molecule has 1 heterocycles. The molecule has 12 heteroatoms. The Hall–Kier alpha value is -2.87. The highest BCUT2D eigenvalue weighted by atomic mass is 32.2. The second kappa shape index (κ2) is 9.55. The van der Waals surface area contributed by atoms with E-state index in [4.69, 9.17) is 10.00 Å². The first-order chi connectivity index (χ1) is 15.5. The number of nitriles is 2. The highest BCUT2D eigenvalue weighted by Gasteiger charge is 2.51. The highest BCUT2D eigenvalue weighted by molar-refractivity contribution is 7.89. The highest BCUT2D eigenvalue weighted by Crippen LogP contribution is 2.36. The molecule has 174 valence electrons. The Bertz CT molecular complexity index is 1120. The third-order valence-electron chi connectivity index (χ3n) is 5.15. The number of aliphatic hydroxyl groups is 2. The quantitative estimate of drug-likeness (QED) is 0.478. The maximum absolute atomic E-state index is 13.9. The number of β-amino-alcohol motifs (C(OH)–C–C–N with tert-alkyl or cyclic N) is 1. The monoisotopic (exact) mass is 483 g/mol. The number of rotatable bonds is 6. The van der Waals surface area contributed by atoms with E-state index in [9.17, 15) is 37.6 Å². The van der Waals surface area contributed by atoms with E-state index in [2.05, 4.69) is 0 Å². The average molecular weight is 483 g/mol. The van der Waals surface area contributed by atoms with Gasteiger partial charge in [-0.25, -0.2) is 4.39 Å². The van der Waals surface area contributed by atoms with Gasteiger partial charge in [0.05, 0.1) is 35.6 Å². The molecule has 3 atom stereocenters. The van der Waals surface area contributed by atoms with Crippen LogP contribution in [0.3, 0.4) is 0 Å². The van der Waals surface area contributed by atoms with Crippen molar-refractivity contribution < 1.29 is 37.1 Å². The Morgan fingerprint density at radius 3 is 2.45 bits per heavy atom. The number of nitrogens with zero attached hydrogens (tertiary/aromatic N) is 3. The Balaban J connectivity index is 1.87. The summed E-state index contributed by atoms with van der Waals surface area (Å²) < 4.78 is 72.7. The van der Waals surface area contributed by atoms with Gasteiger partial charge < -0.3 is 19.5 Å². The lowest BCUT2D eigenvalue weighted by Crippen LogP contribution is -2.45. The zero-order valence-electron chi connectivity index (χ0n) is 16.8. The van der Waals surface area contributed by atoms with E-state index < -0.39 is 52.8 Å². The smallest absolute Gasteiger partial charge is 0.416 e. The maximum Gasteiger partial charge on any atom is 0.416 e. The molecule has 0 aromatic heterocycles. The van der Waals surface area contributed by atoms with Crippen LogP contribution in [0.1, 0.15) is 23.1 Å². The third kappa shape index (κ3) is 5.21. The lowest BCUT2D eigenvalue weighted by Gasteiger charge is -2.28.